The number of nitrogens with one attached hydrogen (secondary N) is 1. The molecule has 1 N–H and O–H groups in total. The van der Waals surface area contributed by atoms with E-state index in [-0.39, 0.29) is 5.91 Å². The molecule has 0 unspecified atom stereocenters. The Labute approximate surface area is 161 Å². The van der Waals surface area contributed by atoms with E-state index in [2.05, 4.69) is 64.6 Å². The Balaban J connectivity index is 1.60. The van der Waals surface area contributed by atoms with Gasteiger partial charge >= 0.3 is 0 Å². The van der Waals surface area contributed by atoms with Gasteiger partial charge in [-0.15, -0.1) is 11.3 Å². The number of nitrogens with zero attached hydrogens (tertiary/aromatic N) is 2. The van der Waals surface area contributed by atoms with Gasteiger partial charge in [-0.3, -0.25) is 4.79 Å². The van der Waals surface area contributed by atoms with Crippen molar-refractivity contribution in [1.29, 1.82) is 0 Å². The molecule has 0 aliphatic carbocycles. The lowest BCUT2D eigenvalue weighted by molar-refractivity contribution is 0.0959. The molecule has 0 spiro atoms. The molecule has 0 radical (unpaired) electrons. The van der Waals surface area contributed by atoms with Gasteiger partial charge in [0.1, 0.15) is 0 Å². The molecule has 2 aromatic heterocycles. The lowest BCUT2D eigenvalue weighted by Gasteiger charge is -2.06. The first-order valence-corrected chi connectivity index (χ1v) is 9.59. The van der Waals surface area contributed by atoms with Crippen molar-refractivity contribution in [2.24, 2.45) is 5.10 Å². The monoisotopic (exact) mass is 373 g/mol. The molecule has 4 rings (SSSR count). The quantitative estimate of drug-likeness (QED) is 0.395. The molecule has 4 nitrogen and oxygen atoms in total. The molecule has 5 heteroatoms. The summed E-state index contributed by atoms with van der Waals surface area (Å²) >= 11 is 1.40. The largest absolute Gasteiger partial charge is 0.342 e. The van der Waals surface area contributed by atoms with E-state index in [0.717, 1.165) is 23.0 Å². The lowest BCUT2D eigenvalue weighted by atomic mass is 10.1. The predicted molar refractivity (Wildman–Crippen MR) is 112 cm³/mol. The number of hydrazone groups is 1. The second-order valence-corrected chi connectivity index (χ2v) is 7.34. The summed E-state index contributed by atoms with van der Waals surface area (Å²) in [5.74, 6) is -0.190. The third kappa shape index (κ3) is 3.83. The lowest BCUT2D eigenvalue weighted by Crippen LogP contribution is -2.16. The number of rotatable bonds is 5. The number of thiophene rings is 1. The minimum atomic E-state index is -0.190. The van der Waals surface area contributed by atoms with E-state index in [1.807, 2.05) is 23.6 Å². The number of carbonyl (C=O) groups excluding carboxylic acids is 1. The summed E-state index contributed by atoms with van der Waals surface area (Å²) < 4.78 is 2.21. The van der Waals surface area contributed by atoms with E-state index in [0.29, 0.717) is 4.88 Å². The summed E-state index contributed by atoms with van der Waals surface area (Å²) in [6.07, 6.45) is 3.79. The summed E-state index contributed by atoms with van der Waals surface area (Å²) in [5.41, 5.74) is 7.22. The molecule has 1 amide bonds. The third-order valence-corrected chi connectivity index (χ3v) is 5.24. The number of carbonyl (C=O) groups is 1. The normalized spacial score (nSPS) is 11.3. The maximum atomic E-state index is 12.0. The fraction of sp³-hybridized carbons (Fsp3) is 0.0909. The second kappa shape index (κ2) is 7.60. The van der Waals surface area contributed by atoms with Crippen LogP contribution in [0, 0.1) is 6.92 Å². The summed E-state index contributed by atoms with van der Waals surface area (Å²) in [6, 6.07) is 20.4. The number of amides is 1. The standard InChI is InChI=1S/C22H19N3OS/c1-16-6-4-7-17(12-16)14-25-15-18(19-8-2-3-9-20(19)25)13-23-24-22(26)21-10-5-11-27-21/h2-13,15H,14H2,1H3,(H,24,26)/b23-13+. The van der Waals surface area contributed by atoms with Crippen LogP contribution < -0.4 is 5.43 Å². The van der Waals surface area contributed by atoms with Crippen LogP contribution >= 0.6 is 11.3 Å². The van der Waals surface area contributed by atoms with Crippen molar-refractivity contribution in [2.75, 3.05) is 0 Å². The number of fused-ring (bicyclic) bond motifs is 1. The van der Waals surface area contributed by atoms with Crippen LogP contribution in [-0.2, 0) is 6.54 Å². The van der Waals surface area contributed by atoms with E-state index in [9.17, 15) is 4.79 Å². The zero-order valence-electron chi connectivity index (χ0n) is 14.9. The van der Waals surface area contributed by atoms with Crippen LogP contribution in [0.4, 0.5) is 0 Å². The topological polar surface area (TPSA) is 46.4 Å². The van der Waals surface area contributed by atoms with Crippen LogP contribution in [0.1, 0.15) is 26.4 Å². The molecule has 0 bridgehead atoms. The highest BCUT2D eigenvalue weighted by atomic mass is 32.1. The van der Waals surface area contributed by atoms with E-state index < -0.39 is 0 Å². The van der Waals surface area contributed by atoms with Gasteiger partial charge in [-0.25, -0.2) is 5.43 Å². The minimum Gasteiger partial charge on any atom is -0.342 e. The summed E-state index contributed by atoms with van der Waals surface area (Å²) in [7, 11) is 0. The van der Waals surface area contributed by atoms with E-state index in [4.69, 9.17) is 0 Å². The van der Waals surface area contributed by atoms with E-state index in [1.54, 1.807) is 12.3 Å². The van der Waals surface area contributed by atoms with Crippen LogP contribution in [0.3, 0.4) is 0 Å². The van der Waals surface area contributed by atoms with Crippen LogP contribution in [0.25, 0.3) is 10.9 Å². The Morgan fingerprint density at radius 3 is 2.85 bits per heavy atom. The highest BCUT2D eigenvalue weighted by Gasteiger charge is 2.08. The average molecular weight is 373 g/mol. The fourth-order valence-electron chi connectivity index (χ4n) is 3.14. The molecule has 134 valence electrons. The van der Waals surface area contributed by atoms with Gasteiger partial charge in [-0.05, 0) is 30.0 Å². The van der Waals surface area contributed by atoms with Crippen molar-refractivity contribution >= 4 is 34.4 Å². The molecular weight excluding hydrogens is 354 g/mol. The van der Waals surface area contributed by atoms with Crippen LogP contribution in [-0.4, -0.2) is 16.7 Å². The molecule has 0 aliphatic heterocycles. The maximum absolute atomic E-state index is 12.0. The number of aromatic nitrogens is 1. The zero-order valence-corrected chi connectivity index (χ0v) is 15.7. The van der Waals surface area contributed by atoms with Crippen molar-refractivity contribution in [3.63, 3.8) is 0 Å². The zero-order chi connectivity index (χ0) is 18.6. The first-order valence-electron chi connectivity index (χ1n) is 8.71. The first-order chi connectivity index (χ1) is 13.2. The number of hydrogen-bond donors (Lipinski definition) is 1. The van der Waals surface area contributed by atoms with Gasteiger partial charge in [0.05, 0.1) is 11.1 Å². The molecule has 27 heavy (non-hydrogen) atoms. The van der Waals surface area contributed by atoms with Gasteiger partial charge in [-0.2, -0.15) is 5.10 Å². The van der Waals surface area contributed by atoms with Crippen molar-refractivity contribution in [2.45, 2.75) is 13.5 Å². The Morgan fingerprint density at radius 2 is 2.04 bits per heavy atom. The first kappa shape index (κ1) is 17.2. The number of benzene rings is 2. The molecular formula is C22H19N3OS. The van der Waals surface area contributed by atoms with Crippen molar-refractivity contribution in [1.82, 2.24) is 9.99 Å². The SMILES string of the molecule is Cc1cccc(Cn2cc(/C=N/NC(=O)c3cccs3)c3ccccc32)c1. The van der Waals surface area contributed by atoms with E-state index in [1.165, 1.54) is 22.5 Å². The molecule has 0 fully saturated rings. The average Bonchev–Trinajstić information content (AvgIpc) is 3.31. The molecule has 0 atom stereocenters. The molecule has 2 heterocycles. The highest BCUT2D eigenvalue weighted by molar-refractivity contribution is 7.12. The van der Waals surface area contributed by atoms with Gasteiger partial charge in [0.15, 0.2) is 0 Å². The highest BCUT2D eigenvalue weighted by Crippen LogP contribution is 2.21. The minimum absolute atomic E-state index is 0.190. The van der Waals surface area contributed by atoms with Crippen molar-refractivity contribution < 1.29 is 4.79 Å². The van der Waals surface area contributed by atoms with Gasteiger partial charge < -0.3 is 4.57 Å². The molecule has 0 aliphatic rings. The van der Waals surface area contributed by atoms with Crippen LogP contribution in [0.15, 0.2) is 77.3 Å². The van der Waals surface area contributed by atoms with Gasteiger partial charge in [-0.1, -0.05) is 54.1 Å². The summed E-state index contributed by atoms with van der Waals surface area (Å²) in [5, 5.41) is 7.13. The maximum Gasteiger partial charge on any atom is 0.281 e. The number of para-hydroxylation sites is 1. The van der Waals surface area contributed by atoms with Gasteiger partial charge in [0, 0.05) is 29.2 Å². The number of hydrogen-bond acceptors (Lipinski definition) is 3. The predicted octanol–water partition coefficient (Wildman–Crippen LogP) is 4.82. The smallest absolute Gasteiger partial charge is 0.281 e. The van der Waals surface area contributed by atoms with Gasteiger partial charge in [0.25, 0.3) is 5.91 Å². The Bertz CT molecular complexity index is 1110. The second-order valence-electron chi connectivity index (χ2n) is 6.39. The molecule has 2 aromatic carbocycles. The fourth-order valence-corrected chi connectivity index (χ4v) is 3.75. The third-order valence-electron chi connectivity index (χ3n) is 4.37. The van der Waals surface area contributed by atoms with Crippen molar-refractivity contribution in [3.8, 4) is 0 Å². The van der Waals surface area contributed by atoms with Gasteiger partial charge in [0.2, 0.25) is 0 Å². The van der Waals surface area contributed by atoms with E-state index >= 15 is 0 Å². The molecule has 0 saturated heterocycles. The number of aryl methyl sites for hydroxylation is 1. The van der Waals surface area contributed by atoms with Crippen molar-refractivity contribution in [3.05, 3.63) is 93.8 Å². The molecule has 4 aromatic rings. The summed E-state index contributed by atoms with van der Waals surface area (Å²) in [4.78, 5) is 12.7. The Hall–Kier alpha value is -3.18. The Morgan fingerprint density at radius 1 is 1.15 bits per heavy atom. The Kier molecular flexibility index (Phi) is 4.85. The van der Waals surface area contributed by atoms with Crippen LogP contribution in [0.5, 0.6) is 0 Å². The summed E-state index contributed by atoms with van der Waals surface area (Å²) in [6.45, 7) is 2.89. The van der Waals surface area contributed by atoms with Crippen LogP contribution in [0.2, 0.25) is 0 Å². The molecule has 0 saturated carbocycles.